The first kappa shape index (κ1) is 24.5. The van der Waals surface area contributed by atoms with Crippen molar-refractivity contribution in [3.05, 3.63) is 59.9 Å². The van der Waals surface area contributed by atoms with Gasteiger partial charge < -0.3 is 20.1 Å². The Bertz CT molecular complexity index is 803. The fourth-order valence-corrected chi connectivity index (χ4v) is 2.34. The minimum absolute atomic E-state index is 0. The number of rotatable bonds is 7. The molecule has 0 saturated carbocycles. The molecular formula is C20H26FIN4O3. The summed E-state index contributed by atoms with van der Waals surface area (Å²) >= 11 is 0. The number of anilines is 1. The maximum atomic E-state index is 13.2. The van der Waals surface area contributed by atoms with Gasteiger partial charge in [-0.3, -0.25) is 10.3 Å². The number of carbonyl (C=O) groups is 1. The first-order chi connectivity index (χ1) is 13.5. The highest BCUT2D eigenvalue weighted by Crippen LogP contribution is 2.13. The van der Waals surface area contributed by atoms with Gasteiger partial charge in [0.25, 0.3) is 0 Å². The third-order valence-electron chi connectivity index (χ3n) is 3.76. The Morgan fingerprint density at radius 1 is 1.17 bits per heavy atom. The third-order valence-corrected chi connectivity index (χ3v) is 3.76. The predicted octanol–water partition coefficient (Wildman–Crippen LogP) is 3.75. The molecule has 0 aliphatic rings. The molecule has 0 heterocycles. The summed E-state index contributed by atoms with van der Waals surface area (Å²) in [5.41, 5.74) is 1.67. The van der Waals surface area contributed by atoms with E-state index in [9.17, 15) is 9.18 Å². The van der Waals surface area contributed by atoms with Crippen LogP contribution < -0.4 is 20.7 Å². The third kappa shape index (κ3) is 8.99. The van der Waals surface area contributed by atoms with Crippen molar-refractivity contribution in [2.75, 3.05) is 26.0 Å². The van der Waals surface area contributed by atoms with Crippen LogP contribution in [0.1, 0.15) is 12.5 Å². The number of hydrogen-bond donors (Lipinski definition) is 3. The summed E-state index contributed by atoms with van der Waals surface area (Å²) in [6.07, 6.45) is -0.686. The number of halogens is 2. The zero-order chi connectivity index (χ0) is 20.4. The molecule has 9 heteroatoms. The smallest absolute Gasteiger partial charge is 0.411 e. The van der Waals surface area contributed by atoms with Gasteiger partial charge in [0.1, 0.15) is 17.7 Å². The summed E-state index contributed by atoms with van der Waals surface area (Å²) in [6, 6.07) is 13.4. The highest BCUT2D eigenvalue weighted by molar-refractivity contribution is 14.0. The number of carbonyl (C=O) groups excluding carboxylic acids is 1. The molecule has 0 aliphatic heterocycles. The quantitative estimate of drug-likeness (QED) is 0.297. The summed E-state index contributed by atoms with van der Waals surface area (Å²) < 4.78 is 23.4. The Morgan fingerprint density at radius 3 is 2.52 bits per heavy atom. The molecular weight excluding hydrogens is 490 g/mol. The van der Waals surface area contributed by atoms with Gasteiger partial charge in [-0.05, 0) is 36.8 Å². The highest BCUT2D eigenvalue weighted by atomic mass is 127. The van der Waals surface area contributed by atoms with E-state index in [0.717, 1.165) is 5.56 Å². The molecule has 0 aromatic heterocycles. The summed E-state index contributed by atoms with van der Waals surface area (Å²) in [5.74, 6) is 0.771. The molecule has 2 rings (SSSR count). The molecule has 0 bridgehead atoms. The largest absolute Gasteiger partial charge is 0.489 e. The number of nitrogens with zero attached hydrogens (tertiary/aromatic N) is 1. The van der Waals surface area contributed by atoms with E-state index < -0.39 is 6.09 Å². The van der Waals surface area contributed by atoms with E-state index in [1.54, 1.807) is 31.3 Å². The Labute approximate surface area is 187 Å². The van der Waals surface area contributed by atoms with Crippen LogP contribution in [0.25, 0.3) is 0 Å². The topological polar surface area (TPSA) is 84.0 Å². The van der Waals surface area contributed by atoms with Crippen LogP contribution in [0.2, 0.25) is 0 Å². The van der Waals surface area contributed by atoms with Crippen molar-refractivity contribution in [1.82, 2.24) is 10.6 Å². The van der Waals surface area contributed by atoms with Crippen molar-refractivity contribution in [1.29, 1.82) is 0 Å². The van der Waals surface area contributed by atoms with Crippen molar-refractivity contribution in [3.8, 4) is 5.75 Å². The van der Waals surface area contributed by atoms with Crippen LogP contribution in [0.5, 0.6) is 5.75 Å². The van der Waals surface area contributed by atoms with Crippen LogP contribution in [-0.2, 0) is 11.3 Å². The van der Waals surface area contributed by atoms with Gasteiger partial charge in [-0.15, -0.1) is 24.0 Å². The molecule has 1 atom stereocenters. The lowest BCUT2D eigenvalue weighted by Gasteiger charge is -2.18. The molecule has 2 aromatic carbocycles. The lowest BCUT2D eigenvalue weighted by atomic mass is 10.2. The first-order valence-electron chi connectivity index (χ1n) is 8.81. The van der Waals surface area contributed by atoms with Gasteiger partial charge in [0.05, 0.1) is 13.7 Å². The zero-order valence-electron chi connectivity index (χ0n) is 16.6. The average Bonchev–Trinajstić information content (AvgIpc) is 2.69. The SMILES string of the molecule is CN=C(NCc1ccc(NC(=O)OC)cc1)NCC(C)Oc1cccc(F)c1.I. The van der Waals surface area contributed by atoms with E-state index in [-0.39, 0.29) is 35.9 Å². The summed E-state index contributed by atoms with van der Waals surface area (Å²) in [6.45, 7) is 2.94. The number of guanidine groups is 1. The van der Waals surface area contributed by atoms with Gasteiger partial charge in [0.15, 0.2) is 5.96 Å². The van der Waals surface area contributed by atoms with Gasteiger partial charge in [0, 0.05) is 25.3 Å². The van der Waals surface area contributed by atoms with Crippen molar-refractivity contribution in [2.45, 2.75) is 19.6 Å². The standard InChI is InChI=1S/C20H25FN4O3.HI/c1-14(28-18-6-4-5-16(21)11-18)12-23-19(22-2)24-13-15-7-9-17(10-8-15)25-20(26)27-3;/h4-11,14H,12-13H2,1-3H3,(H,25,26)(H2,22,23,24);1H. The molecule has 1 amide bonds. The molecule has 3 N–H and O–H groups in total. The van der Waals surface area contributed by atoms with E-state index in [2.05, 4.69) is 25.7 Å². The van der Waals surface area contributed by atoms with Crippen molar-refractivity contribution >= 4 is 41.7 Å². The molecule has 7 nitrogen and oxygen atoms in total. The van der Waals surface area contributed by atoms with Crippen LogP contribution in [0.3, 0.4) is 0 Å². The van der Waals surface area contributed by atoms with Crippen molar-refractivity contribution in [3.63, 3.8) is 0 Å². The Balaban J connectivity index is 0.00000420. The maximum Gasteiger partial charge on any atom is 0.411 e. The fraction of sp³-hybridized carbons (Fsp3) is 0.300. The minimum Gasteiger partial charge on any atom is -0.489 e. The van der Waals surface area contributed by atoms with Crippen LogP contribution >= 0.6 is 24.0 Å². The molecule has 0 radical (unpaired) electrons. The Hall–Kier alpha value is -2.56. The first-order valence-corrected chi connectivity index (χ1v) is 8.81. The number of nitrogens with one attached hydrogen (secondary N) is 3. The van der Waals surface area contributed by atoms with E-state index in [0.29, 0.717) is 30.5 Å². The summed E-state index contributed by atoms with van der Waals surface area (Å²) in [5, 5.41) is 8.96. The van der Waals surface area contributed by atoms with E-state index >= 15 is 0 Å². The maximum absolute atomic E-state index is 13.2. The second kappa shape index (κ2) is 12.8. The molecule has 158 valence electrons. The number of aliphatic imine (C=N–C) groups is 1. The highest BCUT2D eigenvalue weighted by Gasteiger charge is 2.07. The zero-order valence-corrected chi connectivity index (χ0v) is 18.9. The van der Waals surface area contributed by atoms with E-state index in [4.69, 9.17) is 4.74 Å². The predicted molar refractivity (Wildman–Crippen MR) is 123 cm³/mol. The second-order valence-electron chi connectivity index (χ2n) is 6.01. The van der Waals surface area contributed by atoms with Crippen molar-refractivity contribution < 1.29 is 18.7 Å². The lowest BCUT2D eigenvalue weighted by Crippen LogP contribution is -2.41. The van der Waals surface area contributed by atoms with Crippen LogP contribution in [0.4, 0.5) is 14.9 Å². The van der Waals surface area contributed by atoms with Gasteiger partial charge in [0.2, 0.25) is 0 Å². The number of ether oxygens (including phenoxy) is 2. The molecule has 1 unspecified atom stereocenters. The minimum atomic E-state index is -0.509. The molecule has 0 fully saturated rings. The number of hydrogen-bond acceptors (Lipinski definition) is 4. The Morgan fingerprint density at radius 2 is 1.90 bits per heavy atom. The van der Waals surface area contributed by atoms with Crippen LogP contribution in [-0.4, -0.2) is 38.9 Å². The van der Waals surface area contributed by atoms with Crippen molar-refractivity contribution in [2.24, 2.45) is 4.99 Å². The molecule has 0 spiro atoms. The van der Waals surface area contributed by atoms with Gasteiger partial charge in [-0.1, -0.05) is 18.2 Å². The summed E-state index contributed by atoms with van der Waals surface area (Å²) in [4.78, 5) is 15.3. The second-order valence-corrected chi connectivity index (χ2v) is 6.01. The van der Waals surface area contributed by atoms with Gasteiger partial charge in [-0.2, -0.15) is 0 Å². The normalized spacial score (nSPS) is 11.7. The van der Waals surface area contributed by atoms with Gasteiger partial charge >= 0.3 is 6.09 Å². The molecule has 2 aromatic rings. The molecule has 0 aliphatic carbocycles. The number of benzene rings is 2. The summed E-state index contributed by atoms with van der Waals surface area (Å²) in [7, 11) is 2.99. The van der Waals surface area contributed by atoms with Gasteiger partial charge in [-0.25, -0.2) is 9.18 Å². The lowest BCUT2D eigenvalue weighted by molar-refractivity contribution is 0.187. The van der Waals surface area contributed by atoms with Crippen LogP contribution in [0, 0.1) is 5.82 Å². The monoisotopic (exact) mass is 516 g/mol. The number of amides is 1. The molecule has 0 saturated heterocycles. The fourth-order valence-electron chi connectivity index (χ4n) is 2.34. The van der Waals surface area contributed by atoms with E-state index in [1.807, 2.05) is 19.1 Å². The Kier molecular flexibility index (Phi) is 10.8. The molecule has 29 heavy (non-hydrogen) atoms. The average molecular weight is 516 g/mol. The van der Waals surface area contributed by atoms with E-state index in [1.165, 1.54) is 19.2 Å². The number of methoxy groups -OCH3 is 1. The van der Waals surface area contributed by atoms with Crippen LogP contribution in [0.15, 0.2) is 53.5 Å².